The topological polar surface area (TPSA) is 21.3 Å². The normalized spacial score (nSPS) is 23.3. The van der Waals surface area contributed by atoms with E-state index in [1.54, 1.807) is 6.07 Å². The molecule has 100 valence electrons. The van der Waals surface area contributed by atoms with Crippen LogP contribution in [0.25, 0.3) is 0 Å². The largest absolute Gasteiger partial charge is 0.494 e. The van der Waals surface area contributed by atoms with Gasteiger partial charge in [-0.25, -0.2) is 4.39 Å². The van der Waals surface area contributed by atoms with Crippen LogP contribution in [0.1, 0.15) is 31.7 Å². The molecule has 1 fully saturated rings. The molecule has 0 amide bonds. The number of nitrogens with one attached hydrogen (secondary N) is 1. The average molecular weight is 251 g/mol. The first-order valence-electron chi connectivity index (χ1n) is 6.81. The summed E-state index contributed by atoms with van der Waals surface area (Å²) in [5, 5.41) is 3.51. The van der Waals surface area contributed by atoms with Gasteiger partial charge in [-0.2, -0.15) is 0 Å². The lowest BCUT2D eigenvalue weighted by Crippen LogP contribution is -2.33. The Labute approximate surface area is 109 Å². The Morgan fingerprint density at radius 2 is 2.22 bits per heavy atom. The minimum atomic E-state index is -0.192. The van der Waals surface area contributed by atoms with E-state index in [-0.39, 0.29) is 5.82 Å². The van der Waals surface area contributed by atoms with Gasteiger partial charge in [0.05, 0.1) is 7.11 Å². The maximum absolute atomic E-state index is 14.1. The van der Waals surface area contributed by atoms with Gasteiger partial charge < -0.3 is 10.1 Å². The Morgan fingerprint density at radius 1 is 1.39 bits per heavy atom. The highest BCUT2D eigenvalue weighted by molar-refractivity contribution is 5.31. The molecule has 1 aromatic carbocycles. The van der Waals surface area contributed by atoms with Crippen LogP contribution < -0.4 is 10.1 Å². The Bertz CT molecular complexity index is 394. The van der Waals surface area contributed by atoms with Gasteiger partial charge in [0, 0.05) is 6.04 Å². The lowest BCUT2D eigenvalue weighted by atomic mass is 9.94. The maximum atomic E-state index is 14.1. The molecule has 0 spiro atoms. The Hall–Kier alpha value is -1.09. The highest BCUT2D eigenvalue weighted by Gasteiger charge is 2.27. The summed E-state index contributed by atoms with van der Waals surface area (Å²) in [6, 6.07) is 5.96. The molecule has 18 heavy (non-hydrogen) atoms. The zero-order chi connectivity index (χ0) is 13.0. The molecule has 2 nitrogen and oxygen atoms in total. The molecule has 1 aliphatic rings. The summed E-state index contributed by atoms with van der Waals surface area (Å²) in [6.45, 7) is 3.11. The molecule has 2 unspecified atom stereocenters. The zero-order valence-corrected chi connectivity index (χ0v) is 11.2. The van der Waals surface area contributed by atoms with Crippen LogP contribution >= 0.6 is 0 Å². The van der Waals surface area contributed by atoms with E-state index in [2.05, 4.69) is 12.2 Å². The fourth-order valence-electron chi connectivity index (χ4n) is 2.97. The molecular weight excluding hydrogens is 229 g/mol. The Kier molecular flexibility index (Phi) is 4.59. The van der Waals surface area contributed by atoms with Gasteiger partial charge in [-0.3, -0.25) is 0 Å². The number of hydrogen-bond donors (Lipinski definition) is 1. The van der Waals surface area contributed by atoms with E-state index in [1.165, 1.54) is 26.4 Å². The second kappa shape index (κ2) is 6.19. The summed E-state index contributed by atoms with van der Waals surface area (Å²) < 4.78 is 19.1. The van der Waals surface area contributed by atoms with Crippen LogP contribution in [0.15, 0.2) is 18.2 Å². The minimum Gasteiger partial charge on any atom is -0.494 e. The number of methoxy groups -OCH3 is 1. The third-order valence-electron chi connectivity index (χ3n) is 3.87. The van der Waals surface area contributed by atoms with Crippen molar-refractivity contribution >= 4 is 0 Å². The van der Waals surface area contributed by atoms with Gasteiger partial charge in [-0.1, -0.05) is 25.5 Å². The van der Waals surface area contributed by atoms with E-state index in [9.17, 15) is 4.39 Å². The zero-order valence-electron chi connectivity index (χ0n) is 11.2. The number of halogens is 1. The van der Waals surface area contributed by atoms with Crippen molar-refractivity contribution in [2.45, 2.75) is 38.6 Å². The summed E-state index contributed by atoms with van der Waals surface area (Å²) >= 11 is 0. The van der Waals surface area contributed by atoms with Crippen molar-refractivity contribution in [1.82, 2.24) is 5.32 Å². The molecule has 0 aromatic heterocycles. The van der Waals surface area contributed by atoms with Crippen molar-refractivity contribution in [3.05, 3.63) is 29.6 Å². The molecule has 1 aromatic rings. The van der Waals surface area contributed by atoms with Crippen LogP contribution in [-0.4, -0.2) is 19.7 Å². The molecule has 2 rings (SSSR count). The van der Waals surface area contributed by atoms with Gasteiger partial charge in [0.15, 0.2) is 11.6 Å². The first-order chi connectivity index (χ1) is 8.76. The van der Waals surface area contributed by atoms with E-state index in [4.69, 9.17) is 4.74 Å². The predicted octanol–water partition coefficient (Wildman–Crippen LogP) is 3.16. The van der Waals surface area contributed by atoms with Crippen LogP contribution in [0.5, 0.6) is 5.75 Å². The monoisotopic (exact) mass is 251 g/mol. The molecule has 0 aliphatic heterocycles. The summed E-state index contributed by atoms with van der Waals surface area (Å²) in [5.41, 5.74) is 0.782. The van der Waals surface area contributed by atoms with Gasteiger partial charge in [0.25, 0.3) is 0 Å². The molecule has 1 N–H and O–H groups in total. The van der Waals surface area contributed by atoms with E-state index in [0.29, 0.717) is 17.7 Å². The standard InChI is InChI=1S/C15H22FNO/c1-3-17-13-8-4-6-11(13)10-12-7-5-9-14(18-2)15(12)16/h5,7,9,11,13,17H,3-4,6,8,10H2,1-2H3. The third-order valence-corrected chi connectivity index (χ3v) is 3.87. The summed E-state index contributed by atoms with van der Waals surface area (Å²) in [4.78, 5) is 0. The maximum Gasteiger partial charge on any atom is 0.168 e. The van der Waals surface area contributed by atoms with Gasteiger partial charge in [-0.05, 0) is 43.4 Å². The van der Waals surface area contributed by atoms with Crippen molar-refractivity contribution in [1.29, 1.82) is 0 Å². The number of benzene rings is 1. The lowest BCUT2D eigenvalue weighted by molar-refractivity contribution is 0.374. The predicted molar refractivity (Wildman–Crippen MR) is 71.5 cm³/mol. The number of rotatable bonds is 5. The smallest absolute Gasteiger partial charge is 0.168 e. The Balaban J connectivity index is 2.09. The van der Waals surface area contributed by atoms with Gasteiger partial charge in [0.1, 0.15) is 0 Å². The SMILES string of the molecule is CCNC1CCCC1Cc1cccc(OC)c1F. The molecule has 3 heteroatoms. The van der Waals surface area contributed by atoms with E-state index in [0.717, 1.165) is 18.5 Å². The second-order valence-corrected chi connectivity index (χ2v) is 4.99. The van der Waals surface area contributed by atoms with E-state index < -0.39 is 0 Å². The molecule has 0 bridgehead atoms. The molecule has 0 heterocycles. The van der Waals surface area contributed by atoms with Crippen molar-refractivity contribution < 1.29 is 9.13 Å². The molecule has 0 saturated heterocycles. The molecule has 1 saturated carbocycles. The average Bonchev–Trinajstić information content (AvgIpc) is 2.80. The molecule has 2 atom stereocenters. The first kappa shape index (κ1) is 13.3. The van der Waals surface area contributed by atoms with Gasteiger partial charge in [0.2, 0.25) is 0 Å². The number of ether oxygens (including phenoxy) is 1. The highest BCUT2D eigenvalue weighted by atomic mass is 19.1. The second-order valence-electron chi connectivity index (χ2n) is 4.99. The summed E-state index contributed by atoms with van der Waals surface area (Å²) in [7, 11) is 1.51. The van der Waals surface area contributed by atoms with Crippen LogP contribution in [0, 0.1) is 11.7 Å². The lowest BCUT2D eigenvalue weighted by Gasteiger charge is -2.21. The summed E-state index contributed by atoms with van der Waals surface area (Å²) in [6.07, 6.45) is 4.45. The first-order valence-corrected chi connectivity index (χ1v) is 6.81. The number of hydrogen-bond acceptors (Lipinski definition) is 2. The summed E-state index contributed by atoms with van der Waals surface area (Å²) in [5.74, 6) is 0.708. The fourth-order valence-corrected chi connectivity index (χ4v) is 2.97. The fraction of sp³-hybridized carbons (Fsp3) is 0.600. The van der Waals surface area contributed by atoms with Crippen molar-refractivity contribution in [3.63, 3.8) is 0 Å². The third kappa shape index (κ3) is 2.83. The molecule has 1 aliphatic carbocycles. The van der Waals surface area contributed by atoms with Crippen LogP contribution in [0.2, 0.25) is 0 Å². The molecule has 0 radical (unpaired) electrons. The van der Waals surface area contributed by atoms with Crippen LogP contribution in [0.3, 0.4) is 0 Å². The quantitative estimate of drug-likeness (QED) is 0.868. The van der Waals surface area contributed by atoms with Gasteiger partial charge >= 0.3 is 0 Å². The van der Waals surface area contributed by atoms with Crippen molar-refractivity contribution in [2.75, 3.05) is 13.7 Å². The Morgan fingerprint density at radius 3 is 2.94 bits per heavy atom. The van der Waals surface area contributed by atoms with E-state index >= 15 is 0 Å². The minimum absolute atomic E-state index is 0.192. The van der Waals surface area contributed by atoms with E-state index in [1.807, 2.05) is 12.1 Å². The highest BCUT2D eigenvalue weighted by Crippen LogP contribution is 2.31. The van der Waals surface area contributed by atoms with Crippen molar-refractivity contribution in [2.24, 2.45) is 5.92 Å². The molecular formula is C15H22FNO. The van der Waals surface area contributed by atoms with Crippen LogP contribution in [-0.2, 0) is 6.42 Å². The van der Waals surface area contributed by atoms with Crippen LogP contribution in [0.4, 0.5) is 4.39 Å². The van der Waals surface area contributed by atoms with Crippen molar-refractivity contribution in [3.8, 4) is 5.75 Å². The van der Waals surface area contributed by atoms with Gasteiger partial charge in [-0.15, -0.1) is 0 Å².